The molecule has 2 aromatic carbocycles. The van der Waals surface area contributed by atoms with E-state index in [1.165, 1.54) is 23.1 Å². The highest BCUT2D eigenvalue weighted by molar-refractivity contribution is 7.99. The monoisotopic (exact) mass is 354 g/mol. The maximum absolute atomic E-state index is 12.2. The molecule has 0 aliphatic carbocycles. The Bertz CT molecular complexity index is 1000. The van der Waals surface area contributed by atoms with Crippen molar-refractivity contribution < 1.29 is 4.79 Å². The highest BCUT2D eigenvalue weighted by Crippen LogP contribution is 2.28. The lowest BCUT2D eigenvalue weighted by atomic mass is 10.2. The third-order valence-corrected chi connectivity index (χ3v) is 5.38. The number of carbonyl (C=O) groups excluding carboxylic acids is 1. The van der Waals surface area contributed by atoms with E-state index < -0.39 is 0 Å². The van der Waals surface area contributed by atoms with Gasteiger partial charge in [-0.3, -0.25) is 4.79 Å². The predicted molar refractivity (Wildman–Crippen MR) is 99.8 cm³/mol. The summed E-state index contributed by atoms with van der Waals surface area (Å²) >= 11 is 2.87. The molecule has 0 bridgehead atoms. The second-order valence-corrected chi connectivity index (χ2v) is 7.33. The number of rotatable bonds is 4. The van der Waals surface area contributed by atoms with E-state index in [0.29, 0.717) is 5.13 Å². The lowest BCUT2D eigenvalue weighted by Gasteiger charge is -1.99. The Morgan fingerprint density at radius 2 is 2.08 bits per heavy atom. The van der Waals surface area contributed by atoms with Crippen molar-refractivity contribution in [3.05, 3.63) is 48.0 Å². The van der Waals surface area contributed by atoms with Crippen molar-refractivity contribution in [2.24, 2.45) is 0 Å². The SMILES string of the molecule is Cc1cccc2sc(NC(=O)CSc3nc4ccccc4[nH]3)nc12. The number of benzene rings is 2. The number of H-pyrrole nitrogens is 1. The second-order valence-electron chi connectivity index (χ2n) is 5.34. The average Bonchev–Trinajstić information content (AvgIpc) is 3.16. The van der Waals surface area contributed by atoms with Crippen LogP contribution >= 0.6 is 23.1 Å². The van der Waals surface area contributed by atoms with Gasteiger partial charge in [-0.25, -0.2) is 9.97 Å². The number of aryl methyl sites for hydroxylation is 1. The standard InChI is InChI=1S/C17H14N4OS2/c1-10-5-4-8-13-15(10)21-17(24-13)20-14(22)9-23-16-18-11-6-2-3-7-12(11)19-16/h2-8H,9H2,1H3,(H,18,19)(H,20,21,22). The fourth-order valence-electron chi connectivity index (χ4n) is 2.43. The number of imidazole rings is 1. The molecule has 7 heteroatoms. The molecule has 2 N–H and O–H groups in total. The first kappa shape index (κ1) is 15.2. The van der Waals surface area contributed by atoms with Gasteiger partial charge in [0.05, 0.1) is 27.0 Å². The van der Waals surface area contributed by atoms with Gasteiger partial charge in [-0.05, 0) is 30.7 Å². The van der Waals surface area contributed by atoms with Gasteiger partial charge in [-0.15, -0.1) is 0 Å². The maximum atomic E-state index is 12.2. The second kappa shape index (κ2) is 6.26. The number of amides is 1. The van der Waals surface area contributed by atoms with Crippen LogP contribution in [-0.4, -0.2) is 26.6 Å². The Morgan fingerprint density at radius 3 is 2.92 bits per heavy atom. The summed E-state index contributed by atoms with van der Waals surface area (Å²) in [5.74, 6) is 0.200. The number of thioether (sulfide) groups is 1. The van der Waals surface area contributed by atoms with Gasteiger partial charge < -0.3 is 10.3 Å². The van der Waals surface area contributed by atoms with Gasteiger partial charge in [0, 0.05) is 0 Å². The summed E-state index contributed by atoms with van der Waals surface area (Å²) < 4.78 is 1.08. The van der Waals surface area contributed by atoms with Crippen molar-refractivity contribution in [3.63, 3.8) is 0 Å². The zero-order valence-electron chi connectivity index (χ0n) is 12.9. The molecule has 2 heterocycles. The summed E-state index contributed by atoms with van der Waals surface area (Å²) in [6.45, 7) is 2.02. The molecule has 4 rings (SSSR count). The third kappa shape index (κ3) is 3.00. The van der Waals surface area contributed by atoms with Crippen LogP contribution < -0.4 is 5.32 Å². The molecule has 0 atom stereocenters. The summed E-state index contributed by atoms with van der Waals surface area (Å²) in [4.78, 5) is 24.3. The summed E-state index contributed by atoms with van der Waals surface area (Å²) in [5.41, 5.74) is 3.94. The molecule has 0 saturated heterocycles. The number of nitrogens with one attached hydrogen (secondary N) is 2. The third-order valence-electron chi connectivity index (χ3n) is 3.57. The van der Waals surface area contributed by atoms with Crippen LogP contribution in [0.4, 0.5) is 5.13 Å². The van der Waals surface area contributed by atoms with Crippen LogP contribution in [-0.2, 0) is 4.79 Å². The Kier molecular flexibility index (Phi) is 3.95. The Labute approximate surface area is 146 Å². The number of aromatic nitrogens is 3. The molecule has 4 aromatic rings. The topological polar surface area (TPSA) is 70.7 Å². The Morgan fingerprint density at radius 1 is 1.21 bits per heavy atom. The Balaban J connectivity index is 1.43. The molecule has 0 aliphatic rings. The van der Waals surface area contributed by atoms with Gasteiger partial charge in [-0.2, -0.15) is 0 Å². The molecule has 2 aromatic heterocycles. The van der Waals surface area contributed by atoms with Crippen LogP contribution in [0.1, 0.15) is 5.56 Å². The molecule has 5 nitrogen and oxygen atoms in total. The average molecular weight is 354 g/mol. The van der Waals surface area contributed by atoms with Crippen LogP contribution in [0, 0.1) is 6.92 Å². The first-order chi connectivity index (χ1) is 11.7. The first-order valence-corrected chi connectivity index (χ1v) is 9.23. The first-order valence-electron chi connectivity index (χ1n) is 7.42. The van der Waals surface area contributed by atoms with E-state index in [0.717, 1.165) is 32.0 Å². The number of para-hydroxylation sites is 3. The largest absolute Gasteiger partial charge is 0.333 e. The van der Waals surface area contributed by atoms with Crippen LogP contribution in [0.3, 0.4) is 0 Å². The number of anilines is 1. The highest BCUT2D eigenvalue weighted by Gasteiger charge is 2.11. The number of carbonyl (C=O) groups is 1. The molecule has 0 saturated carbocycles. The molecular weight excluding hydrogens is 340 g/mol. The minimum absolute atomic E-state index is 0.0860. The Hall–Kier alpha value is -2.38. The molecule has 1 amide bonds. The van der Waals surface area contributed by atoms with Crippen LogP contribution in [0.15, 0.2) is 47.6 Å². The quantitative estimate of drug-likeness (QED) is 0.539. The molecule has 0 unspecified atom stereocenters. The van der Waals surface area contributed by atoms with Crippen molar-refractivity contribution in [2.45, 2.75) is 12.1 Å². The molecule has 24 heavy (non-hydrogen) atoms. The minimum Gasteiger partial charge on any atom is -0.333 e. The maximum Gasteiger partial charge on any atom is 0.236 e. The number of nitrogens with zero attached hydrogens (tertiary/aromatic N) is 2. The molecule has 120 valence electrons. The van der Waals surface area contributed by atoms with Crippen molar-refractivity contribution in [1.82, 2.24) is 15.0 Å². The van der Waals surface area contributed by atoms with E-state index >= 15 is 0 Å². The van der Waals surface area contributed by atoms with Crippen LogP contribution in [0.25, 0.3) is 21.3 Å². The predicted octanol–water partition coefficient (Wildman–Crippen LogP) is 4.21. The molecule has 0 spiro atoms. The smallest absolute Gasteiger partial charge is 0.236 e. The lowest BCUT2D eigenvalue weighted by Crippen LogP contribution is -2.13. The van der Waals surface area contributed by atoms with Crippen LogP contribution in [0.5, 0.6) is 0 Å². The van der Waals surface area contributed by atoms with E-state index in [2.05, 4.69) is 20.3 Å². The summed E-state index contributed by atoms with van der Waals surface area (Å²) in [7, 11) is 0. The molecule has 0 radical (unpaired) electrons. The van der Waals surface area contributed by atoms with Crippen LogP contribution in [0.2, 0.25) is 0 Å². The number of hydrogen-bond donors (Lipinski definition) is 2. The highest BCUT2D eigenvalue weighted by atomic mass is 32.2. The van der Waals surface area contributed by atoms with Gasteiger partial charge in [0.1, 0.15) is 0 Å². The van der Waals surface area contributed by atoms with E-state index in [-0.39, 0.29) is 11.7 Å². The van der Waals surface area contributed by atoms with E-state index in [9.17, 15) is 4.79 Å². The number of aromatic amines is 1. The molecule has 0 aliphatic heterocycles. The number of hydrogen-bond acceptors (Lipinski definition) is 5. The fourth-order valence-corrected chi connectivity index (χ4v) is 4.07. The summed E-state index contributed by atoms with van der Waals surface area (Å²) in [6, 6.07) is 13.8. The zero-order chi connectivity index (χ0) is 16.5. The van der Waals surface area contributed by atoms with Crippen molar-refractivity contribution in [1.29, 1.82) is 0 Å². The molecular formula is C17H14N4OS2. The van der Waals surface area contributed by atoms with Crippen molar-refractivity contribution in [3.8, 4) is 0 Å². The van der Waals surface area contributed by atoms with Crippen molar-refractivity contribution in [2.75, 3.05) is 11.1 Å². The van der Waals surface area contributed by atoms with E-state index in [1.807, 2.05) is 49.4 Å². The van der Waals surface area contributed by atoms with Crippen molar-refractivity contribution >= 4 is 55.4 Å². The molecule has 0 fully saturated rings. The summed E-state index contributed by atoms with van der Waals surface area (Å²) in [5, 5.41) is 4.24. The van der Waals surface area contributed by atoms with Gasteiger partial charge in [-0.1, -0.05) is 47.4 Å². The summed E-state index contributed by atoms with van der Waals surface area (Å²) in [6.07, 6.45) is 0. The van der Waals surface area contributed by atoms with Gasteiger partial charge in [0.25, 0.3) is 0 Å². The van der Waals surface area contributed by atoms with E-state index in [4.69, 9.17) is 0 Å². The number of fused-ring (bicyclic) bond motifs is 2. The van der Waals surface area contributed by atoms with E-state index in [1.54, 1.807) is 0 Å². The van der Waals surface area contributed by atoms with Gasteiger partial charge >= 0.3 is 0 Å². The van der Waals surface area contributed by atoms with Gasteiger partial charge in [0.2, 0.25) is 5.91 Å². The minimum atomic E-state index is -0.0860. The zero-order valence-corrected chi connectivity index (χ0v) is 14.5. The fraction of sp³-hybridized carbons (Fsp3) is 0.118. The number of thiazole rings is 1. The lowest BCUT2D eigenvalue weighted by molar-refractivity contribution is -0.113. The van der Waals surface area contributed by atoms with Gasteiger partial charge in [0.15, 0.2) is 10.3 Å². The normalized spacial score (nSPS) is 11.2.